The molecule has 2 rings (SSSR count). The van der Waals surface area contributed by atoms with Crippen LogP contribution in [0.1, 0.15) is 11.1 Å². The summed E-state index contributed by atoms with van der Waals surface area (Å²) in [6.07, 6.45) is 1.50. The van der Waals surface area contributed by atoms with Gasteiger partial charge in [0, 0.05) is 0 Å². The van der Waals surface area contributed by atoms with Crippen LogP contribution in [0.15, 0.2) is 53.6 Å². The molecule has 0 radical (unpaired) electrons. The van der Waals surface area contributed by atoms with Crippen LogP contribution in [0.3, 0.4) is 0 Å². The highest BCUT2D eigenvalue weighted by atomic mass is 16.5. The largest absolute Gasteiger partial charge is 0.490 e. The van der Waals surface area contributed by atoms with Gasteiger partial charge in [-0.1, -0.05) is 17.7 Å². The third kappa shape index (κ3) is 6.09. The minimum atomic E-state index is -0.699. The van der Waals surface area contributed by atoms with Crippen molar-refractivity contribution >= 4 is 12.2 Å². The molecule has 2 aromatic rings. The van der Waals surface area contributed by atoms with E-state index in [1.54, 1.807) is 0 Å². The molecule has 2 aromatic carbocycles. The first-order valence-electron chi connectivity index (χ1n) is 7.14. The van der Waals surface area contributed by atoms with Gasteiger partial charge in [-0.05, 0) is 48.9 Å². The van der Waals surface area contributed by atoms with E-state index in [0.717, 1.165) is 17.1 Å². The fraction of sp³-hybridized carbons (Fsp3) is 0.176. The fourth-order valence-electron chi connectivity index (χ4n) is 1.77. The Hall–Kier alpha value is -3.02. The first-order chi connectivity index (χ1) is 11.1. The van der Waals surface area contributed by atoms with E-state index in [0.29, 0.717) is 13.2 Å². The predicted molar refractivity (Wildman–Crippen MR) is 88.9 cm³/mol. The number of amides is 2. The Balaban J connectivity index is 1.72. The smallest absolute Gasteiger partial charge is 0.332 e. The van der Waals surface area contributed by atoms with E-state index in [2.05, 4.69) is 10.5 Å². The molecule has 23 heavy (non-hydrogen) atoms. The summed E-state index contributed by atoms with van der Waals surface area (Å²) < 4.78 is 11.2. The number of benzene rings is 2. The van der Waals surface area contributed by atoms with Gasteiger partial charge >= 0.3 is 6.03 Å². The number of nitrogens with two attached hydrogens (primary N) is 1. The summed E-state index contributed by atoms with van der Waals surface area (Å²) in [5.74, 6) is 1.56. The predicted octanol–water partition coefficient (Wildman–Crippen LogP) is 2.46. The van der Waals surface area contributed by atoms with Gasteiger partial charge in [0.25, 0.3) is 0 Å². The maximum absolute atomic E-state index is 10.5. The van der Waals surface area contributed by atoms with Gasteiger partial charge in [-0.25, -0.2) is 10.2 Å². The van der Waals surface area contributed by atoms with E-state index in [1.165, 1.54) is 11.8 Å². The molecule has 0 saturated heterocycles. The van der Waals surface area contributed by atoms with Crippen molar-refractivity contribution in [2.75, 3.05) is 13.2 Å². The Bertz CT molecular complexity index is 652. The molecule has 6 heteroatoms. The van der Waals surface area contributed by atoms with Gasteiger partial charge < -0.3 is 15.2 Å². The van der Waals surface area contributed by atoms with Crippen LogP contribution >= 0.6 is 0 Å². The highest BCUT2D eigenvalue weighted by Gasteiger charge is 1.96. The number of nitrogens with zero attached hydrogens (tertiary/aromatic N) is 1. The van der Waals surface area contributed by atoms with Crippen LogP contribution in [-0.2, 0) is 0 Å². The molecule has 0 aliphatic heterocycles. The summed E-state index contributed by atoms with van der Waals surface area (Å²) in [5.41, 5.74) is 9.05. The van der Waals surface area contributed by atoms with E-state index in [1.807, 2.05) is 55.5 Å². The average molecular weight is 313 g/mol. The first kappa shape index (κ1) is 16.4. The van der Waals surface area contributed by atoms with Crippen molar-refractivity contribution < 1.29 is 14.3 Å². The summed E-state index contributed by atoms with van der Waals surface area (Å²) in [4.78, 5) is 10.5. The minimum absolute atomic E-state index is 0.449. The number of carbonyl (C=O) groups excluding carboxylic acids is 1. The average Bonchev–Trinajstić information content (AvgIpc) is 2.54. The Morgan fingerprint density at radius 3 is 2.09 bits per heavy atom. The van der Waals surface area contributed by atoms with Crippen molar-refractivity contribution in [1.29, 1.82) is 0 Å². The molecule has 0 aliphatic rings. The van der Waals surface area contributed by atoms with Crippen LogP contribution in [0.2, 0.25) is 0 Å². The molecule has 0 saturated carbocycles. The third-order valence-electron chi connectivity index (χ3n) is 2.91. The number of primary amides is 1. The summed E-state index contributed by atoms with van der Waals surface area (Å²) in [5, 5.41) is 3.68. The van der Waals surface area contributed by atoms with E-state index >= 15 is 0 Å². The second kappa shape index (κ2) is 8.43. The zero-order valence-electron chi connectivity index (χ0n) is 12.9. The van der Waals surface area contributed by atoms with Crippen molar-refractivity contribution in [3.63, 3.8) is 0 Å². The number of hydrazone groups is 1. The van der Waals surface area contributed by atoms with Gasteiger partial charge in [0.2, 0.25) is 0 Å². The molecular weight excluding hydrogens is 294 g/mol. The Morgan fingerprint density at radius 2 is 1.57 bits per heavy atom. The van der Waals surface area contributed by atoms with Crippen LogP contribution in [0.4, 0.5) is 4.79 Å². The molecule has 0 aliphatic carbocycles. The summed E-state index contributed by atoms with van der Waals surface area (Å²) in [7, 11) is 0. The minimum Gasteiger partial charge on any atom is -0.490 e. The van der Waals surface area contributed by atoms with E-state index in [9.17, 15) is 4.79 Å². The van der Waals surface area contributed by atoms with Crippen molar-refractivity contribution in [2.45, 2.75) is 6.92 Å². The standard InChI is InChI=1S/C17H19N3O3/c1-13-2-6-15(7-3-13)22-10-11-23-16-8-4-14(5-9-16)12-19-20-17(18)21/h2-9,12H,10-11H2,1H3,(H3,18,20,21). The van der Waals surface area contributed by atoms with E-state index in [4.69, 9.17) is 15.2 Å². The maximum Gasteiger partial charge on any atom is 0.332 e. The van der Waals surface area contributed by atoms with Crippen LogP contribution in [-0.4, -0.2) is 25.5 Å². The lowest BCUT2D eigenvalue weighted by Gasteiger charge is -2.08. The number of hydrogen-bond donors (Lipinski definition) is 2. The maximum atomic E-state index is 10.5. The quantitative estimate of drug-likeness (QED) is 0.468. The second-order valence-electron chi connectivity index (χ2n) is 4.81. The lowest BCUT2D eigenvalue weighted by atomic mass is 10.2. The Kier molecular flexibility index (Phi) is 5.99. The van der Waals surface area contributed by atoms with Gasteiger partial charge in [0.15, 0.2) is 0 Å². The van der Waals surface area contributed by atoms with E-state index < -0.39 is 6.03 Å². The number of hydrogen-bond acceptors (Lipinski definition) is 4. The Morgan fingerprint density at radius 1 is 1.04 bits per heavy atom. The zero-order chi connectivity index (χ0) is 16.5. The van der Waals surface area contributed by atoms with Gasteiger partial charge in [-0.3, -0.25) is 0 Å². The van der Waals surface area contributed by atoms with Crippen LogP contribution in [0.25, 0.3) is 0 Å². The van der Waals surface area contributed by atoms with Gasteiger partial charge in [0.05, 0.1) is 6.21 Å². The molecule has 0 unspecified atom stereocenters. The molecule has 0 heterocycles. The number of carbonyl (C=O) groups is 1. The molecule has 0 spiro atoms. The molecule has 0 aromatic heterocycles. The van der Waals surface area contributed by atoms with Crippen molar-refractivity contribution in [2.24, 2.45) is 10.8 Å². The fourth-order valence-corrected chi connectivity index (χ4v) is 1.77. The molecule has 3 N–H and O–H groups in total. The van der Waals surface area contributed by atoms with Crippen molar-refractivity contribution in [1.82, 2.24) is 5.43 Å². The topological polar surface area (TPSA) is 85.9 Å². The van der Waals surface area contributed by atoms with Crippen LogP contribution in [0, 0.1) is 6.92 Å². The van der Waals surface area contributed by atoms with Gasteiger partial charge in [-0.2, -0.15) is 5.10 Å². The van der Waals surface area contributed by atoms with Crippen LogP contribution < -0.4 is 20.6 Å². The van der Waals surface area contributed by atoms with Crippen molar-refractivity contribution in [3.8, 4) is 11.5 Å². The summed E-state index contributed by atoms with van der Waals surface area (Å²) in [6, 6.07) is 14.5. The zero-order valence-corrected chi connectivity index (χ0v) is 12.9. The summed E-state index contributed by atoms with van der Waals surface area (Å²) >= 11 is 0. The van der Waals surface area contributed by atoms with Crippen molar-refractivity contribution in [3.05, 3.63) is 59.7 Å². The number of aryl methyl sites for hydroxylation is 1. The molecule has 0 bridgehead atoms. The second-order valence-corrected chi connectivity index (χ2v) is 4.81. The first-order valence-corrected chi connectivity index (χ1v) is 7.14. The molecule has 0 atom stereocenters. The van der Waals surface area contributed by atoms with Crippen LogP contribution in [0.5, 0.6) is 11.5 Å². The normalized spacial score (nSPS) is 10.5. The van der Waals surface area contributed by atoms with E-state index in [-0.39, 0.29) is 0 Å². The molecule has 0 fully saturated rings. The molecule has 6 nitrogen and oxygen atoms in total. The third-order valence-corrected chi connectivity index (χ3v) is 2.91. The number of urea groups is 1. The summed E-state index contributed by atoms with van der Waals surface area (Å²) in [6.45, 7) is 2.95. The Labute approximate surface area is 134 Å². The molecule has 120 valence electrons. The monoisotopic (exact) mass is 313 g/mol. The highest BCUT2D eigenvalue weighted by Crippen LogP contribution is 2.13. The number of ether oxygens (including phenoxy) is 2. The number of rotatable bonds is 7. The van der Waals surface area contributed by atoms with Gasteiger partial charge in [-0.15, -0.1) is 0 Å². The highest BCUT2D eigenvalue weighted by molar-refractivity contribution is 5.81. The van der Waals surface area contributed by atoms with Gasteiger partial charge in [0.1, 0.15) is 24.7 Å². The SMILES string of the molecule is Cc1ccc(OCCOc2ccc(C=NNC(N)=O)cc2)cc1. The lowest BCUT2D eigenvalue weighted by Crippen LogP contribution is -2.24. The molecule has 2 amide bonds. The molecular formula is C17H19N3O3. The number of nitrogens with one attached hydrogen (secondary N) is 1. The lowest BCUT2D eigenvalue weighted by molar-refractivity contribution is 0.217.